The van der Waals surface area contributed by atoms with Gasteiger partial charge in [0.15, 0.2) is 6.10 Å². The highest BCUT2D eigenvalue weighted by Gasteiger charge is 2.41. The molecular weight excluding hydrogens is 681 g/mol. The number of alkyl halides is 6. The molecule has 48 heavy (non-hydrogen) atoms. The van der Waals surface area contributed by atoms with Crippen LogP contribution >= 0.6 is 0 Å². The van der Waals surface area contributed by atoms with Gasteiger partial charge in [0.1, 0.15) is 24.6 Å². The zero-order valence-corrected chi connectivity index (χ0v) is 30.7. The van der Waals surface area contributed by atoms with Crippen molar-refractivity contribution in [3.05, 3.63) is 29.6 Å². The van der Waals surface area contributed by atoms with E-state index in [-0.39, 0.29) is 25.3 Å². The van der Waals surface area contributed by atoms with Gasteiger partial charge in [-0.1, -0.05) is 25.7 Å². The molecule has 0 saturated heterocycles. The summed E-state index contributed by atoms with van der Waals surface area (Å²) in [7, 11) is -3.18. The fourth-order valence-electron chi connectivity index (χ4n) is 4.54. The molecule has 1 fully saturated rings. The van der Waals surface area contributed by atoms with E-state index in [4.69, 9.17) is 24.9 Å². The Balaban J connectivity index is 2.08. The predicted molar refractivity (Wildman–Crippen MR) is 177 cm³/mol. The van der Waals surface area contributed by atoms with E-state index in [1.54, 1.807) is 43.5 Å². The second-order valence-corrected chi connectivity index (χ2v) is 22.3. The smallest absolute Gasteiger partial charge is 0.376 e. The molecule has 4 N–H and O–H groups in total. The van der Waals surface area contributed by atoms with Crippen molar-refractivity contribution in [3.63, 3.8) is 0 Å². The summed E-state index contributed by atoms with van der Waals surface area (Å²) in [5.74, 6) is 0.243. The number of ether oxygens (including phenoxy) is 3. The van der Waals surface area contributed by atoms with E-state index in [0.29, 0.717) is 23.2 Å². The Morgan fingerprint density at radius 3 is 2.27 bits per heavy atom. The molecule has 1 aliphatic carbocycles. The van der Waals surface area contributed by atoms with Gasteiger partial charge in [0.05, 0.1) is 51.6 Å². The third-order valence-corrected chi connectivity index (χ3v) is 11.2. The lowest BCUT2D eigenvalue weighted by Crippen LogP contribution is -2.46. The third-order valence-electron chi connectivity index (χ3n) is 7.87. The highest BCUT2D eigenvalue weighted by atomic mass is 32.2. The number of imidazole rings is 1. The van der Waals surface area contributed by atoms with Crippen LogP contribution in [0.15, 0.2) is 18.2 Å². The summed E-state index contributed by atoms with van der Waals surface area (Å²) in [4.78, 5) is 4.81. The van der Waals surface area contributed by atoms with E-state index in [2.05, 4.69) is 29.7 Å². The fraction of sp³-hybridized carbons (Fsp3) is 0.774. The van der Waals surface area contributed by atoms with E-state index in [0.717, 1.165) is 25.8 Å². The Morgan fingerprint density at radius 1 is 1.08 bits per heavy atom. The van der Waals surface area contributed by atoms with Crippen molar-refractivity contribution in [2.24, 2.45) is 5.73 Å². The standard InChI is InChI=1S/C31H51F6N5O4SSi/c1-19(46-20(2)30(32,33)34)27(41-47(43)29(3,4)5)28-40-23-15-21(9-12-25(23)42(28)18-44-13-14-48(6,7)8)24(17-45-22-10-11-22)39-16-26(38)31(35,36)37/h9,12,15,19-20,22,24,26-27,39,41H,10-11,13-14,16-18,38H2,1-8H3/t19-,20+,24-,26+,27+,47?/m1/s1. The summed E-state index contributed by atoms with van der Waals surface area (Å²) in [5, 5.41) is 2.88. The number of fused-ring (bicyclic) bond motifs is 1. The van der Waals surface area contributed by atoms with Crippen molar-refractivity contribution in [2.45, 2.75) is 133 Å². The SMILES string of the molecule is C[C@H](O[C@H](C)[C@H](NS(=O)C(C)(C)C)c1nc2cc([C@@H](COC3CC3)NC[C@H](N)C(F)(F)F)ccc2n1COCC[Si](C)(C)C)C(F)(F)F. The average molecular weight is 732 g/mol. The normalized spacial score (nSPS) is 18.9. The molecule has 9 nitrogen and oxygen atoms in total. The van der Waals surface area contributed by atoms with Crippen LogP contribution in [0.3, 0.4) is 0 Å². The molecule has 1 saturated carbocycles. The molecule has 1 aromatic carbocycles. The lowest BCUT2D eigenvalue weighted by atomic mass is 10.1. The van der Waals surface area contributed by atoms with Crippen molar-refractivity contribution in [3.8, 4) is 0 Å². The first-order valence-corrected chi connectivity index (χ1v) is 21.0. The number of nitrogens with one attached hydrogen (secondary N) is 2. The number of nitrogens with two attached hydrogens (primary N) is 1. The van der Waals surface area contributed by atoms with Gasteiger partial charge in [-0.15, -0.1) is 0 Å². The third kappa shape index (κ3) is 12.3. The summed E-state index contributed by atoms with van der Waals surface area (Å²) < 4.78 is 115. The lowest BCUT2D eigenvalue weighted by Gasteiger charge is -2.30. The number of benzene rings is 1. The summed E-state index contributed by atoms with van der Waals surface area (Å²) in [6, 6.07) is 2.24. The largest absolute Gasteiger partial charge is 0.414 e. The van der Waals surface area contributed by atoms with Crippen molar-refractivity contribution < 1.29 is 44.8 Å². The first-order valence-electron chi connectivity index (χ1n) is 16.1. The Labute approximate surface area is 282 Å². The molecule has 0 spiro atoms. The number of hydrogen-bond donors (Lipinski definition) is 3. The minimum Gasteiger partial charge on any atom is -0.376 e. The van der Waals surface area contributed by atoms with Crippen LogP contribution < -0.4 is 15.8 Å². The van der Waals surface area contributed by atoms with Crippen molar-refractivity contribution in [1.82, 2.24) is 19.6 Å². The van der Waals surface area contributed by atoms with Gasteiger partial charge in [0.25, 0.3) is 0 Å². The summed E-state index contributed by atoms with van der Waals surface area (Å²) in [5.41, 5.74) is 6.94. The van der Waals surface area contributed by atoms with Gasteiger partial charge in [-0.3, -0.25) is 0 Å². The van der Waals surface area contributed by atoms with E-state index in [1.807, 2.05) is 0 Å². The van der Waals surface area contributed by atoms with Crippen LogP contribution in [-0.4, -0.2) is 83.0 Å². The maximum Gasteiger partial charge on any atom is 0.414 e. The van der Waals surface area contributed by atoms with Crippen LogP contribution in [0.4, 0.5) is 26.3 Å². The maximum absolute atomic E-state index is 13.6. The monoisotopic (exact) mass is 731 g/mol. The Kier molecular flexibility index (Phi) is 13.7. The molecular formula is C31H51F6N5O4SSi. The van der Waals surface area contributed by atoms with E-state index in [1.165, 1.54) is 6.92 Å². The molecule has 1 aliphatic rings. The Bertz CT molecular complexity index is 1360. The summed E-state index contributed by atoms with van der Waals surface area (Å²) in [6.07, 6.45) is -10.7. The summed E-state index contributed by atoms with van der Waals surface area (Å²) in [6.45, 7) is 14.2. The molecule has 0 radical (unpaired) electrons. The van der Waals surface area contributed by atoms with Crippen LogP contribution in [0.2, 0.25) is 25.7 Å². The number of nitrogens with zero attached hydrogens (tertiary/aromatic N) is 2. The zero-order valence-electron chi connectivity index (χ0n) is 28.9. The second-order valence-electron chi connectivity index (χ2n) is 14.6. The molecule has 1 aromatic heterocycles. The highest BCUT2D eigenvalue weighted by molar-refractivity contribution is 7.84. The van der Waals surface area contributed by atoms with E-state index < -0.39 is 73.0 Å². The van der Waals surface area contributed by atoms with Crippen LogP contribution in [-0.2, 0) is 31.9 Å². The van der Waals surface area contributed by atoms with Gasteiger partial charge < -0.3 is 29.8 Å². The minimum absolute atomic E-state index is 0.00441. The quantitative estimate of drug-likeness (QED) is 0.0913. The second kappa shape index (κ2) is 16.2. The average Bonchev–Trinajstić information content (AvgIpc) is 3.71. The minimum atomic E-state index is -4.63. The van der Waals surface area contributed by atoms with Crippen LogP contribution in [0.5, 0.6) is 0 Å². The van der Waals surface area contributed by atoms with Crippen molar-refractivity contribution in [2.75, 3.05) is 19.8 Å². The molecule has 0 bridgehead atoms. The topological polar surface area (TPSA) is 113 Å². The van der Waals surface area contributed by atoms with Gasteiger partial charge >= 0.3 is 12.4 Å². The molecule has 1 unspecified atom stereocenters. The van der Waals surface area contributed by atoms with Crippen LogP contribution in [0, 0.1) is 0 Å². The first-order chi connectivity index (χ1) is 22.0. The Hall–Kier alpha value is -1.60. The predicted octanol–water partition coefficient (Wildman–Crippen LogP) is 6.50. The maximum atomic E-state index is 13.6. The van der Waals surface area contributed by atoms with E-state index >= 15 is 0 Å². The first kappa shape index (κ1) is 40.8. The van der Waals surface area contributed by atoms with E-state index in [9.17, 15) is 30.6 Å². The number of hydrogen-bond acceptors (Lipinski definition) is 7. The van der Waals surface area contributed by atoms with Crippen LogP contribution in [0.1, 0.15) is 70.9 Å². The molecule has 3 rings (SSSR count). The Morgan fingerprint density at radius 2 is 1.73 bits per heavy atom. The molecule has 2 aromatic rings. The van der Waals surface area contributed by atoms with Gasteiger partial charge in [-0.25, -0.2) is 13.9 Å². The van der Waals surface area contributed by atoms with Crippen molar-refractivity contribution in [1.29, 1.82) is 0 Å². The molecule has 1 heterocycles. The van der Waals surface area contributed by atoms with Gasteiger partial charge in [-0.2, -0.15) is 26.3 Å². The molecule has 6 atom stereocenters. The van der Waals surface area contributed by atoms with Crippen LogP contribution in [0.25, 0.3) is 11.0 Å². The molecule has 0 amide bonds. The number of halogens is 6. The zero-order chi connectivity index (χ0) is 36.2. The molecule has 0 aliphatic heterocycles. The highest BCUT2D eigenvalue weighted by Crippen LogP contribution is 2.32. The number of aromatic nitrogens is 2. The van der Waals surface area contributed by atoms with Crippen molar-refractivity contribution >= 4 is 30.1 Å². The lowest BCUT2D eigenvalue weighted by molar-refractivity contribution is -0.227. The van der Waals surface area contributed by atoms with Gasteiger partial charge in [0.2, 0.25) is 0 Å². The molecule has 276 valence electrons. The molecule has 17 heteroatoms. The summed E-state index contributed by atoms with van der Waals surface area (Å²) >= 11 is 0. The van der Waals surface area contributed by atoms with Gasteiger partial charge in [-0.05, 0) is 71.2 Å². The van der Waals surface area contributed by atoms with Gasteiger partial charge in [0, 0.05) is 21.2 Å². The number of rotatable bonds is 18. The fourth-order valence-corrected chi connectivity index (χ4v) is 6.18.